The van der Waals surface area contributed by atoms with Crippen LogP contribution in [0.5, 0.6) is 11.5 Å². The molecule has 0 saturated carbocycles. The van der Waals surface area contributed by atoms with Crippen LogP contribution in [-0.4, -0.2) is 20.1 Å². The molecule has 4 aromatic carbocycles. The number of hydrogen-bond donors (Lipinski definition) is 1. The second-order valence-electron chi connectivity index (χ2n) is 7.28. The highest BCUT2D eigenvalue weighted by atomic mass is 19.1. The van der Waals surface area contributed by atoms with Crippen LogP contribution in [0.1, 0.15) is 15.9 Å². The lowest BCUT2D eigenvalue weighted by molar-refractivity contribution is 0.102. The van der Waals surface area contributed by atoms with Gasteiger partial charge < -0.3 is 14.8 Å². The lowest BCUT2D eigenvalue weighted by atomic mass is 9.94. The zero-order valence-electron chi connectivity index (χ0n) is 17.5. The molecule has 1 N–H and O–H groups in total. The first-order valence-corrected chi connectivity index (χ1v) is 9.82. The molecule has 0 aromatic heterocycles. The summed E-state index contributed by atoms with van der Waals surface area (Å²) in [6.07, 6.45) is 0. The quantitative estimate of drug-likeness (QED) is 0.421. The van der Waals surface area contributed by atoms with Gasteiger partial charge in [0.15, 0.2) is 11.5 Å². The molecule has 0 saturated heterocycles. The highest BCUT2D eigenvalue weighted by Gasteiger charge is 2.15. The molecule has 4 aromatic rings. The maximum Gasteiger partial charge on any atom is 0.255 e. The minimum Gasteiger partial charge on any atom is -0.493 e. The SMILES string of the molecule is COc1cc2cc(C(=O)Nc3ccc(F)cc3)cc(-c3ccc(C)cc3)c2cc1OC. The molecule has 0 radical (unpaired) electrons. The van der Waals surface area contributed by atoms with Crippen LogP contribution >= 0.6 is 0 Å². The fourth-order valence-corrected chi connectivity index (χ4v) is 3.53. The lowest BCUT2D eigenvalue weighted by Crippen LogP contribution is -2.12. The van der Waals surface area contributed by atoms with Gasteiger partial charge in [0.05, 0.1) is 14.2 Å². The first-order valence-electron chi connectivity index (χ1n) is 9.82. The molecule has 0 fully saturated rings. The number of fused-ring (bicyclic) bond motifs is 1. The standard InChI is InChI=1S/C26H22FNO3/c1-16-4-6-17(7-5-16)22-13-19(26(29)28-21-10-8-20(27)9-11-21)12-18-14-24(30-2)25(31-3)15-23(18)22/h4-15H,1-3H3,(H,28,29). The van der Waals surface area contributed by atoms with Crippen molar-refractivity contribution in [1.82, 2.24) is 0 Å². The van der Waals surface area contributed by atoms with Crippen molar-refractivity contribution in [3.8, 4) is 22.6 Å². The molecule has 0 aliphatic heterocycles. The van der Waals surface area contributed by atoms with Crippen LogP contribution in [0.2, 0.25) is 0 Å². The number of carbonyl (C=O) groups is 1. The summed E-state index contributed by atoms with van der Waals surface area (Å²) in [5.41, 5.74) is 4.05. The van der Waals surface area contributed by atoms with E-state index in [1.54, 1.807) is 14.2 Å². The molecule has 4 rings (SSSR count). The maximum absolute atomic E-state index is 13.2. The van der Waals surface area contributed by atoms with Crippen molar-refractivity contribution >= 4 is 22.4 Å². The molecule has 4 nitrogen and oxygen atoms in total. The fourth-order valence-electron chi connectivity index (χ4n) is 3.53. The van der Waals surface area contributed by atoms with Gasteiger partial charge >= 0.3 is 0 Å². The molecule has 5 heteroatoms. The van der Waals surface area contributed by atoms with Gasteiger partial charge in [-0.2, -0.15) is 0 Å². The smallest absolute Gasteiger partial charge is 0.255 e. The maximum atomic E-state index is 13.2. The van der Waals surface area contributed by atoms with Gasteiger partial charge in [-0.05, 0) is 77.4 Å². The highest BCUT2D eigenvalue weighted by Crippen LogP contribution is 2.38. The van der Waals surface area contributed by atoms with Crippen molar-refractivity contribution < 1.29 is 18.7 Å². The molecule has 1 amide bonds. The van der Waals surface area contributed by atoms with E-state index in [1.165, 1.54) is 24.3 Å². The van der Waals surface area contributed by atoms with Crippen molar-refractivity contribution in [3.63, 3.8) is 0 Å². The zero-order valence-corrected chi connectivity index (χ0v) is 17.5. The second kappa shape index (κ2) is 8.48. The van der Waals surface area contributed by atoms with Gasteiger partial charge in [-0.25, -0.2) is 4.39 Å². The summed E-state index contributed by atoms with van der Waals surface area (Å²) < 4.78 is 24.1. The molecule has 0 atom stereocenters. The van der Waals surface area contributed by atoms with E-state index in [1.807, 2.05) is 55.5 Å². The van der Waals surface area contributed by atoms with Crippen LogP contribution in [0, 0.1) is 12.7 Å². The van der Waals surface area contributed by atoms with Crippen LogP contribution in [0.3, 0.4) is 0 Å². The van der Waals surface area contributed by atoms with Gasteiger partial charge in [0, 0.05) is 11.3 Å². The number of benzene rings is 4. The predicted octanol–water partition coefficient (Wildman–Crippen LogP) is 6.22. The first kappa shape index (κ1) is 20.4. The average Bonchev–Trinajstić information content (AvgIpc) is 2.79. The molecular formula is C26H22FNO3. The van der Waals surface area contributed by atoms with E-state index in [0.29, 0.717) is 22.7 Å². The van der Waals surface area contributed by atoms with Gasteiger partial charge in [-0.3, -0.25) is 4.79 Å². The van der Waals surface area contributed by atoms with E-state index in [9.17, 15) is 9.18 Å². The summed E-state index contributed by atoms with van der Waals surface area (Å²) >= 11 is 0. The van der Waals surface area contributed by atoms with Crippen LogP contribution in [0.15, 0.2) is 72.8 Å². The molecular weight excluding hydrogens is 393 g/mol. The number of hydrogen-bond acceptors (Lipinski definition) is 3. The third-order valence-corrected chi connectivity index (χ3v) is 5.18. The van der Waals surface area contributed by atoms with E-state index in [-0.39, 0.29) is 11.7 Å². The summed E-state index contributed by atoms with van der Waals surface area (Å²) in [6, 6.07) is 21.3. The van der Waals surface area contributed by atoms with Gasteiger partial charge in [-0.15, -0.1) is 0 Å². The third-order valence-electron chi connectivity index (χ3n) is 5.18. The van der Waals surface area contributed by atoms with Crippen molar-refractivity contribution in [3.05, 3.63) is 89.7 Å². The number of methoxy groups -OCH3 is 2. The number of halogens is 1. The highest BCUT2D eigenvalue weighted by molar-refractivity contribution is 6.10. The van der Waals surface area contributed by atoms with Crippen molar-refractivity contribution in [1.29, 1.82) is 0 Å². The van der Waals surface area contributed by atoms with Crippen LogP contribution in [-0.2, 0) is 0 Å². The van der Waals surface area contributed by atoms with E-state index in [0.717, 1.165) is 27.5 Å². The summed E-state index contributed by atoms with van der Waals surface area (Å²) in [7, 11) is 3.18. The third kappa shape index (κ3) is 4.21. The molecule has 0 spiro atoms. The summed E-state index contributed by atoms with van der Waals surface area (Å²) in [6.45, 7) is 2.03. The van der Waals surface area contributed by atoms with Gasteiger partial charge in [-0.1, -0.05) is 29.8 Å². The van der Waals surface area contributed by atoms with E-state index in [4.69, 9.17) is 9.47 Å². The number of aryl methyl sites for hydroxylation is 1. The number of amides is 1. The van der Waals surface area contributed by atoms with Gasteiger partial charge in [0.25, 0.3) is 5.91 Å². The Labute approximate surface area is 180 Å². The molecule has 31 heavy (non-hydrogen) atoms. The normalized spacial score (nSPS) is 10.7. The number of nitrogens with one attached hydrogen (secondary N) is 1. The number of rotatable bonds is 5. The summed E-state index contributed by atoms with van der Waals surface area (Å²) in [4.78, 5) is 13.0. The van der Waals surface area contributed by atoms with Gasteiger partial charge in [0.1, 0.15) is 5.82 Å². The zero-order chi connectivity index (χ0) is 22.0. The van der Waals surface area contributed by atoms with E-state index >= 15 is 0 Å². The first-order chi connectivity index (χ1) is 15.0. The molecule has 156 valence electrons. The van der Waals surface area contributed by atoms with Crippen molar-refractivity contribution in [2.24, 2.45) is 0 Å². The molecule has 0 heterocycles. The monoisotopic (exact) mass is 415 g/mol. The topological polar surface area (TPSA) is 47.6 Å². The number of ether oxygens (including phenoxy) is 2. The number of anilines is 1. The Kier molecular flexibility index (Phi) is 5.58. The van der Waals surface area contributed by atoms with Crippen molar-refractivity contribution in [2.45, 2.75) is 6.92 Å². The Morgan fingerprint density at radius 2 is 1.48 bits per heavy atom. The Balaban J connectivity index is 1.86. The molecule has 0 aliphatic rings. The molecule has 0 unspecified atom stereocenters. The molecule has 0 aliphatic carbocycles. The van der Waals surface area contributed by atoms with E-state index < -0.39 is 0 Å². The van der Waals surface area contributed by atoms with Gasteiger partial charge in [0.2, 0.25) is 0 Å². The minimum absolute atomic E-state index is 0.281. The predicted molar refractivity (Wildman–Crippen MR) is 122 cm³/mol. The Morgan fingerprint density at radius 1 is 0.839 bits per heavy atom. The fraction of sp³-hybridized carbons (Fsp3) is 0.115. The second-order valence-corrected chi connectivity index (χ2v) is 7.28. The van der Waals surface area contributed by atoms with Crippen LogP contribution < -0.4 is 14.8 Å². The Morgan fingerprint density at radius 3 is 2.13 bits per heavy atom. The van der Waals surface area contributed by atoms with Crippen LogP contribution in [0.25, 0.3) is 21.9 Å². The Bertz CT molecular complexity index is 1250. The largest absolute Gasteiger partial charge is 0.493 e. The minimum atomic E-state index is -0.355. The molecule has 0 bridgehead atoms. The van der Waals surface area contributed by atoms with Crippen LogP contribution in [0.4, 0.5) is 10.1 Å². The summed E-state index contributed by atoms with van der Waals surface area (Å²) in [5.74, 6) is 0.566. The Hall–Kier alpha value is -3.86. The summed E-state index contributed by atoms with van der Waals surface area (Å²) in [5, 5.41) is 4.62. The lowest BCUT2D eigenvalue weighted by Gasteiger charge is -2.15. The average molecular weight is 415 g/mol. The van der Waals surface area contributed by atoms with Crippen molar-refractivity contribution in [2.75, 3.05) is 19.5 Å². The number of carbonyl (C=O) groups excluding carboxylic acids is 1. The van der Waals surface area contributed by atoms with E-state index in [2.05, 4.69) is 5.32 Å².